The Balaban J connectivity index is 1.81. The average Bonchev–Trinajstić information content (AvgIpc) is 2.74. The number of nitrogens with one attached hydrogen (secondary N) is 1. The van der Waals surface area contributed by atoms with Crippen LogP contribution in [0.3, 0.4) is 0 Å². The molecule has 0 fully saturated rings. The van der Waals surface area contributed by atoms with Crippen LogP contribution in [0.2, 0.25) is 5.02 Å². The first kappa shape index (κ1) is 23.1. The number of hydrogen-bond donors (Lipinski definition) is 2. The van der Waals surface area contributed by atoms with E-state index < -0.39 is 11.9 Å². The van der Waals surface area contributed by atoms with Crippen molar-refractivity contribution < 1.29 is 19.4 Å². The summed E-state index contributed by atoms with van der Waals surface area (Å²) in [5.41, 5.74) is 1.50. The summed E-state index contributed by atoms with van der Waals surface area (Å²) in [6.07, 6.45) is 1.37. The summed E-state index contributed by atoms with van der Waals surface area (Å²) in [5, 5.41) is 12.6. The monoisotopic (exact) mass is 563 g/mol. The second-order valence-corrected chi connectivity index (χ2v) is 8.49. The van der Waals surface area contributed by atoms with Crippen molar-refractivity contribution in [3.8, 4) is 5.75 Å². The van der Waals surface area contributed by atoms with Gasteiger partial charge in [-0.2, -0.15) is 0 Å². The van der Waals surface area contributed by atoms with Crippen LogP contribution in [0.15, 0.2) is 81.4 Å². The van der Waals surface area contributed by atoms with Crippen LogP contribution in [0, 0.1) is 0 Å². The number of ether oxygens (including phenoxy) is 1. The van der Waals surface area contributed by atoms with Gasteiger partial charge in [0.2, 0.25) is 0 Å². The molecule has 5 nitrogen and oxygen atoms in total. The zero-order chi connectivity index (χ0) is 22.4. The molecule has 0 bridgehead atoms. The van der Waals surface area contributed by atoms with E-state index in [1.54, 1.807) is 48.5 Å². The Hall–Kier alpha value is -2.61. The van der Waals surface area contributed by atoms with E-state index in [2.05, 4.69) is 37.2 Å². The molecule has 0 heterocycles. The van der Waals surface area contributed by atoms with Gasteiger partial charge in [-0.05, 0) is 73.8 Å². The molecule has 0 aromatic heterocycles. The third-order valence-electron chi connectivity index (χ3n) is 4.18. The fourth-order valence-corrected chi connectivity index (χ4v) is 4.31. The first-order valence-electron chi connectivity index (χ1n) is 9.02. The molecule has 0 aliphatic rings. The third kappa shape index (κ3) is 6.19. The number of aliphatic carboxylic acids is 1. The van der Waals surface area contributed by atoms with Crippen LogP contribution >= 0.6 is 43.5 Å². The smallest absolute Gasteiger partial charge is 0.352 e. The van der Waals surface area contributed by atoms with Crippen LogP contribution in [-0.4, -0.2) is 17.0 Å². The van der Waals surface area contributed by atoms with E-state index in [9.17, 15) is 14.7 Å². The van der Waals surface area contributed by atoms with Crippen molar-refractivity contribution in [2.45, 2.75) is 6.61 Å². The normalized spacial score (nSPS) is 11.1. The number of amides is 1. The van der Waals surface area contributed by atoms with Crippen molar-refractivity contribution in [1.82, 2.24) is 5.32 Å². The van der Waals surface area contributed by atoms with E-state index in [0.717, 1.165) is 5.56 Å². The Bertz CT molecular complexity index is 1130. The van der Waals surface area contributed by atoms with Crippen LogP contribution in [-0.2, 0) is 11.4 Å². The van der Waals surface area contributed by atoms with Gasteiger partial charge >= 0.3 is 5.97 Å². The van der Waals surface area contributed by atoms with Gasteiger partial charge in [0.15, 0.2) is 0 Å². The number of benzene rings is 3. The van der Waals surface area contributed by atoms with Crippen LogP contribution in [0.4, 0.5) is 0 Å². The standard InChI is InChI=1S/C23H16Br2ClNO4/c24-17-10-14(11-18(25)21(17)31-13-16-8-4-5-9-19(16)26)12-20(23(29)30)27-22(28)15-6-2-1-3-7-15/h1-12H,13H2,(H,27,28)(H,29,30)/b20-12+. The van der Waals surface area contributed by atoms with E-state index in [1.807, 2.05) is 18.2 Å². The molecule has 1 amide bonds. The molecule has 0 radical (unpaired) electrons. The van der Waals surface area contributed by atoms with Gasteiger partial charge in [-0.25, -0.2) is 4.79 Å². The van der Waals surface area contributed by atoms with Gasteiger partial charge < -0.3 is 15.2 Å². The highest BCUT2D eigenvalue weighted by atomic mass is 79.9. The maximum atomic E-state index is 12.3. The number of carbonyl (C=O) groups excluding carboxylic acids is 1. The molecule has 0 aliphatic carbocycles. The largest absolute Gasteiger partial charge is 0.486 e. The molecule has 31 heavy (non-hydrogen) atoms. The summed E-state index contributed by atoms with van der Waals surface area (Å²) < 4.78 is 7.10. The molecule has 3 aromatic rings. The van der Waals surface area contributed by atoms with Crippen molar-refractivity contribution in [3.05, 3.63) is 103 Å². The minimum Gasteiger partial charge on any atom is -0.486 e. The zero-order valence-electron chi connectivity index (χ0n) is 15.9. The Morgan fingerprint density at radius 3 is 2.23 bits per heavy atom. The molecule has 2 N–H and O–H groups in total. The molecule has 3 aromatic carbocycles. The highest BCUT2D eigenvalue weighted by molar-refractivity contribution is 9.11. The number of rotatable bonds is 7. The lowest BCUT2D eigenvalue weighted by atomic mass is 10.1. The van der Waals surface area contributed by atoms with E-state index in [1.165, 1.54) is 6.08 Å². The maximum absolute atomic E-state index is 12.3. The summed E-state index contributed by atoms with van der Waals surface area (Å²) >= 11 is 13.1. The minimum atomic E-state index is -1.25. The fourth-order valence-electron chi connectivity index (χ4n) is 2.67. The number of carboxylic acids is 1. The molecule has 0 saturated heterocycles. The van der Waals surface area contributed by atoms with Crippen LogP contribution in [0.5, 0.6) is 5.75 Å². The molecule has 0 spiro atoms. The Labute approximate surface area is 200 Å². The Kier molecular flexibility index (Phi) is 7.90. The molecule has 0 unspecified atom stereocenters. The average molecular weight is 566 g/mol. The van der Waals surface area contributed by atoms with Crippen molar-refractivity contribution in [2.24, 2.45) is 0 Å². The lowest BCUT2D eigenvalue weighted by Gasteiger charge is -2.13. The van der Waals surface area contributed by atoms with Gasteiger partial charge in [0.1, 0.15) is 18.1 Å². The lowest BCUT2D eigenvalue weighted by molar-refractivity contribution is -0.132. The number of halogens is 3. The van der Waals surface area contributed by atoms with Gasteiger partial charge in [0, 0.05) is 16.1 Å². The predicted octanol–water partition coefficient (Wildman–Crippen LogP) is 6.30. The second kappa shape index (κ2) is 10.6. The van der Waals surface area contributed by atoms with Crippen molar-refractivity contribution in [2.75, 3.05) is 0 Å². The quantitative estimate of drug-likeness (QED) is 0.330. The molecular formula is C23H16Br2ClNO4. The Morgan fingerprint density at radius 2 is 1.61 bits per heavy atom. The van der Waals surface area contributed by atoms with Gasteiger partial charge in [0.25, 0.3) is 5.91 Å². The summed E-state index contributed by atoms with van der Waals surface area (Å²) in [5.74, 6) is -1.22. The first-order chi connectivity index (χ1) is 14.8. The molecular weight excluding hydrogens is 550 g/mol. The minimum absolute atomic E-state index is 0.252. The van der Waals surface area contributed by atoms with Crippen molar-refractivity contribution in [1.29, 1.82) is 0 Å². The third-order valence-corrected chi connectivity index (χ3v) is 5.72. The molecule has 8 heteroatoms. The van der Waals surface area contributed by atoms with Gasteiger partial charge in [-0.1, -0.05) is 48.0 Å². The van der Waals surface area contributed by atoms with Crippen LogP contribution in [0.25, 0.3) is 6.08 Å². The SMILES string of the molecule is O=C(O)/C(=C\c1cc(Br)c(OCc2ccccc2Cl)c(Br)c1)NC(=O)c1ccccc1. The van der Waals surface area contributed by atoms with Crippen molar-refractivity contribution in [3.63, 3.8) is 0 Å². The topological polar surface area (TPSA) is 75.6 Å². The zero-order valence-corrected chi connectivity index (χ0v) is 19.9. The highest BCUT2D eigenvalue weighted by Gasteiger charge is 2.15. The second-order valence-electron chi connectivity index (χ2n) is 6.38. The molecule has 0 atom stereocenters. The van der Waals surface area contributed by atoms with Crippen molar-refractivity contribution >= 4 is 61.4 Å². The fraction of sp³-hybridized carbons (Fsp3) is 0.0435. The molecule has 3 rings (SSSR count). The lowest BCUT2D eigenvalue weighted by Crippen LogP contribution is -2.27. The number of hydrogen-bond acceptors (Lipinski definition) is 3. The molecule has 0 saturated carbocycles. The van der Waals surface area contributed by atoms with E-state index >= 15 is 0 Å². The van der Waals surface area contributed by atoms with Gasteiger partial charge in [-0.3, -0.25) is 4.79 Å². The van der Waals surface area contributed by atoms with Gasteiger partial charge in [-0.15, -0.1) is 0 Å². The van der Waals surface area contributed by atoms with Crippen LogP contribution < -0.4 is 10.1 Å². The Morgan fingerprint density at radius 1 is 1.00 bits per heavy atom. The van der Waals surface area contributed by atoms with E-state index in [0.29, 0.717) is 30.8 Å². The number of carbonyl (C=O) groups is 2. The van der Waals surface area contributed by atoms with Gasteiger partial charge in [0.05, 0.1) is 8.95 Å². The summed E-state index contributed by atoms with van der Waals surface area (Å²) in [4.78, 5) is 24.0. The summed E-state index contributed by atoms with van der Waals surface area (Å²) in [6, 6.07) is 19.2. The van der Waals surface area contributed by atoms with E-state index in [4.69, 9.17) is 16.3 Å². The molecule has 158 valence electrons. The highest BCUT2D eigenvalue weighted by Crippen LogP contribution is 2.36. The summed E-state index contributed by atoms with van der Waals surface area (Å²) in [6.45, 7) is 0.263. The van der Waals surface area contributed by atoms with E-state index in [-0.39, 0.29) is 12.3 Å². The molecule has 0 aliphatic heterocycles. The predicted molar refractivity (Wildman–Crippen MR) is 127 cm³/mol. The first-order valence-corrected chi connectivity index (χ1v) is 11.0. The van der Waals surface area contributed by atoms with Crippen LogP contribution in [0.1, 0.15) is 21.5 Å². The summed E-state index contributed by atoms with van der Waals surface area (Å²) in [7, 11) is 0. The number of carboxylic acid groups (broad SMARTS) is 1. The maximum Gasteiger partial charge on any atom is 0.352 e.